The monoisotopic (exact) mass is 297 g/mol. The highest BCUT2D eigenvalue weighted by Gasteiger charge is 2.17. The third-order valence-corrected chi connectivity index (χ3v) is 2.81. The lowest BCUT2D eigenvalue weighted by atomic mass is 10.2. The molecule has 6 heteroatoms. The van der Waals surface area contributed by atoms with Crippen molar-refractivity contribution in [3.63, 3.8) is 0 Å². The van der Waals surface area contributed by atoms with Gasteiger partial charge in [-0.1, -0.05) is 53.5 Å². The Hall–Kier alpha value is -1.78. The van der Waals surface area contributed by atoms with E-state index in [4.69, 9.17) is 27.9 Å². The summed E-state index contributed by atoms with van der Waals surface area (Å²) in [4.78, 5) is 15.4. The molecule has 0 amide bonds. The summed E-state index contributed by atoms with van der Waals surface area (Å²) in [5.41, 5.74) is 0.725. The highest BCUT2D eigenvalue weighted by atomic mass is 35.5. The van der Waals surface area contributed by atoms with Crippen LogP contribution in [0.2, 0.25) is 10.3 Å². The summed E-state index contributed by atoms with van der Waals surface area (Å²) in [6, 6.07) is 10.4. The van der Waals surface area contributed by atoms with Crippen molar-refractivity contribution in [2.75, 3.05) is 0 Å². The number of pyridine rings is 1. The van der Waals surface area contributed by atoms with Gasteiger partial charge in [0.1, 0.15) is 17.3 Å². The maximum absolute atomic E-state index is 11.8. The van der Waals surface area contributed by atoms with E-state index in [-0.39, 0.29) is 22.5 Å². The standard InChI is InChI=1S/C13H9Cl2NO3/c14-10-6-9(11(17)12(15)16-10)13(18)19-7-8-4-2-1-3-5-8/h1-6,17H,7H2. The number of ether oxygens (including phenoxy) is 1. The molecule has 4 nitrogen and oxygen atoms in total. The Kier molecular flexibility index (Phi) is 4.24. The van der Waals surface area contributed by atoms with E-state index in [9.17, 15) is 9.90 Å². The fourth-order valence-corrected chi connectivity index (χ4v) is 1.86. The van der Waals surface area contributed by atoms with Crippen LogP contribution in [-0.4, -0.2) is 16.1 Å². The molecule has 1 aromatic heterocycles. The Labute approximate surface area is 119 Å². The van der Waals surface area contributed by atoms with Crippen molar-refractivity contribution in [1.29, 1.82) is 0 Å². The van der Waals surface area contributed by atoms with Crippen molar-refractivity contribution in [1.82, 2.24) is 4.98 Å². The Morgan fingerprint density at radius 1 is 1.26 bits per heavy atom. The van der Waals surface area contributed by atoms with Crippen LogP contribution in [-0.2, 0) is 11.3 Å². The normalized spacial score (nSPS) is 10.2. The summed E-state index contributed by atoms with van der Waals surface area (Å²) in [5, 5.41) is 9.41. The Bertz CT molecular complexity index is 602. The van der Waals surface area contributed by atoms with Gasteiger partial charge in [0.15, 0.2) is 10.9 Å². The summed E-state index contributed by atoms with van der Waals surface area (Å²) >= 11 is 11.3. The minimum atomic E-state index is -0.715. The molecule has 98 valence electrons. The lowest BCUT2D eigenvalue weighted by Gasteiger charge is -2.07. The van der Waals surface area contributed by atoms with E-state index in [0.29, 0.717) is 0 Å². The van der Waals surface area contributed by atoms with Crippen LogP contribution in [0.4, 0.5) is 0 Å². The summed E-state index contributed by atoms with van der Waals surface area (Å²) in [5.74, 6) is -1.16. The summed E-state index contributed by atoms with van der Waals surface area (Å²) in [6.45, 7) is 0.0939. The molecule has 2 aromatic rings. The molecule has 0 atom stereocenters. The van der Waals surface area contributed by atoms with Gasteiger partial charge in [-0.05, 0) is 11.6 Å². The van der Waals surface area contributed by atoms with Gasteiger partial charge in [-0.2, -0.15) is 0 Å². The third kappa shape index (κ3) is 3.36. The number of benzene rings is 1. The largest absolute Gasteiger partial charge is 0.504 e. The van der Waals surface area contributed by atoms with E-state index in [0.717, 1.165) is 5.56 Å². The highest BCUT2D eigenvalue weighted by Crippen LogP contribution is 2.28. The number of aromatic nitrogens is 1. The fourth-order valence-electron chi connectivity index (χ4n) is 1.43. The van der Waals surface area contributed by atoms with E-state index in [1.165, 1.54) is 6.07 Å². The summed E-state index contributed by atoms with van der Waals surface area (Å²) < 4.78 is 5.06. The zero-order valence-electron chi connectivity index (χ0n) is 9.64. The SMILES string of the molecule is O=C(OCc1ccccc1)c1cc(Cl)nc(Cl)c1O. The number of rotatable bonds is 3. The number of aromatic hydroxyl groups is 1. The molecule has 0 aliphatic rings. The van der Waals surface area contributed by atoms with Crippen molar-refractivity contribution in [3.8, 4) is 5.75 Å². The zero-order valence-corrected chi connectivity index (χ0v) is 11.1. The van der Waals surface area contributed by atoms with Crippen molar-refractivity contribution >= 4 is 29.2 Å². The van der Waals surface area contributed by atoms with Crippen LogP contribution in [0.15, 0.2) is 36.4 Å². The molecule has 0 saturated carbocycles. The molecule has 0 fully saturated rings. The average Bonchev–Trinajstić information content (AvgIpc) is 2.41. The van der Waals surface area contributed by atoms with Gasteiger partial charge in [-0.3, -0.25) is 0 Å². The smallest absolute Gasteiger partial charge is 0.342 e. The highest BCUT2D eigenvalue weighted by molar-refractivity contribution is 6.34. The second-order valence-electron chi connectivity index (χ2n) is 3.69. The number of carbonyl (C=O) groups excluding carboxylic acids is 1. The number of hydrogen-bond acceptors (Lipinski definition) is 4. The Balaban J connectivity index is 2.13. The Morgan fingerprint density at radius 3 is 2.63 bits per heavy atom. The second kappa shape index (κ2) is 5.91. The van der Waals surface area contributed by atoms with Crippen LogP contribution < -0.4 is 0 Å². The predicted octanol–water partition coefficient (Wildman–Crippen LogP) is 3.45. The molecule has 1 N–H and O–H groups in total. The molecular formula is C13H9Cl2NO3. The number of halogens is 2. The first-order chi connectivity index (χ1) is 9.08. The van der Waals surface area contributed by atoms with Crippen molar-refractivity contribution in [2.45, 2.75) is 6.61 Å². The third-order valence-electron chi connectivity index (χ3n) is 2.35. The number of nitrogens with zero attached hydrogens (tertiary/aromatic N) is 1. The van der Waals surface area contributed by atoms with Gasteiger partial charge in [0.05, 0.1) is 0 Å². The van der Waals surface area contributed by atoms with E-state index >= 15 is 0 Å². The van der Waals surface area contributed by atoms with Gasteiger partial charge in [-0.25, -0.2) is 9.78 Å². The maximum Gasteiger partial charge on any atom is 0.342 e. The average molecular weight is 298 g/mol. The van der Waals surface area contributed by atoms with E-state index in [1.807, 2.05) is 30.3 Å². The minimum Gasteiger partial charge on any atom is -0.504 e. The van der Waals surface area contributed by atoms with Crippen molar-refractivity contribution in [3.05, 3.63) is 57.8 Å². The van der Waals surface area contributed by atoms with Crippen LogP contribution in [0.25, 0.3) is 0 Å². The first-order valence-corrected chi connectivity index (χ1v) is 6.09. The number of hydrogen-bond donors (Lipinski definition) is 1. The summed E-state index contributed by atoms with van der Waals surface area (Å²) in [7, 11) is 0. The van der Waals surface area contributed by atoms with Gasteiger partial charge in [0, 0.05) is 0 Å². The molecule has 0 saturated heterocycles. The first kappa shape index (κ1) is 13.6. The topological polar surface area (TPSA) is 59.4 Å². The van der Waals surface area contributed by atoms with Crippen LogP contribution >= 0.6 is 23.2 Å². The van der Waals surface area contributed by atoms with Gasteiger partial charge < -0.3 is 9.84 Å². The molecule has 0 aliphatic carbocycles. The molecule has 1 aromatic carbocycles. The molecule has 0 bridgehead atoms. The van der Waals surface area contributed by atoms with E-state index in [1.54, 1.807) is 0 Å². The van der Waals surface area contributed by atoms with Gasteiger partial charge in [0.25, 0.3) is 0 Å². The molecule has 0 aliphatic heterocycles. The van der Waals surface area contributed by atoms with Gasteiger partial charge in [-0.15, -0.1) is 0 Å². The molecule has 2 rings (SSSR count). The number of carbonyl (C=O) groups is 1. The second-order valence-corrected chi connectivity index (χ2v) is 4.44. The lowest BCUT2D eigenvalue weighted by Crippen LogP contribution is -2.06. The molecule has 19 heavy (non-hydrogen) atoms. The molecule has 1 heterocycles. The quantitative estimate of drug-likeness (QED) is 0.696. The predicted molar refractivity (Wildman–Crippen MR) is 71.5 cm³/mol. The van der Waals surface area contributed by atoms with Crippen LogP contribution in [0, 0.1) is 0 Å². The zero-order chi connectivity index (χ0) is 13.8. The molecular weight excluding hydrogens is 289 g/mol. The van der Waals surface area contributed by atoms with Gasteiger partial charge >= 0.3 is 5.97 Å². The molecule has 0 radical (unpaired) electrons. The van der Waals surface area contributed by atoms with Crippen molar-refractivity contribution < 1.29 is 14.6 Å². The molecule has 0 spiro atoms. The maximum atomic E-state index is 11.8. The van der Waals surface area contributed by atoms with E-state index < -0.39 is 11.7 Å². The minimum absolute atomic E-state index is 0.00876. The van der Waals surface area contributed by atoms with Crippen LogP contribution in [0.1, 0.15) is 15.9 Å². The molecule has 0 unspecified atom stereocenters. The van der Waals surface area contributed by atoms with Crippen LogP contribution in [0.3, 0.4) is 0 Å². The Morgan fingerprint density at radius 2 is 1.95 bits per heavy atom. The van der Waals surface area contributed by atoms with E-state index in [2.05, 4.69) is 4.98 Å². The lowest BCUT2D eigenvalue weighted by molar-refractivity contribution is 0.0469. The van der Waals surface area contributed by atoms with Crippen LogP contribution in [0.5, 0.6) is 5.75 Å². The van der Waals surface area contributed by atoms with Crippen molar-refractivity contribution in [2.24, 2.45) is 0 Å². The first-order valence-electron chi connectivity index (χ1n) is 5.34. The fraction of sp³-hybridized carbons (Fsp3) is 0.0769. The van der Waals surface area contributed by atoms with Gasteiger partial charge in [0.2, 0.25) is 0 Å². The number of esters is 1. The summed E-state index contributed by atoms with van der Waals surface area (Å²) in [6.07, 6.45) is 0.